The maximum Gasteiger partial charge on any atom is 0.126 e. The third-order valence-corrected chi connectivity index (χ3v) is 3.39. The van der Waals surface area contributed by atoms with Crippen LogP contribution in [0.3, 0.4) is 0 Å². The zero-order valence-electron chi connectivity index (χ0n) is 10.1. The van der Waals surface area contributed by atoms with E-state index >= 15 is 0 Å². The number of aliphatic hydroxyl groups excluding tert-OH is 1. The summed E-state index contributed by atoms with van der Waals surface area (Å²) in [6.07, 6.45) is 2.15. The Bertz CT molecular complexity index is 576. The van der Waals surface area contributed by atoms with Gasteiger partial charge in [0.2, 0.25) is 0 Å². The molecule has 0 radical (unpaired) electrons. The number of nitriles is 1. The summed E-state index contributed by atoms with van der Waals surface area (Å²) < 4.78 is 6.17. The van der Waals surface area contributed by atoms with Crippen LogP contribution in [0.2, 0.25) is 0 Å². The lowest BCUT2D eigenvalue weighted by atomic mass is 10.1. The van der Waals surface area contributed by atoms with Crippen molar-refractivity contribution < 1.29 is 9.52 Å². The topological polar surface area (TPSA) is 69.2 Å². The molecule has 0 saturated heterocycles. The molecule has 0 amide bonds. The molecule has 0 fully saturated rings. The van der Waals surface area contributed by atoms with E-state index in [1.54, 1.807) is 18.4 Å². The normalized spacial score (nSPS) is 11.8. The van der Waals surface area contributed by atoms with Gasteiger partial charge in [0.15, 0.2) is 0 Å². The summed E-state index contributed by atoms with van der Waals surface area (Å²) in [5.74, 6) is 0.769. The maximum absolute atomic E-state index is 9.13. The van der Waals surface area contributed by atoms with Crippen LogP contribution in [0, 0.1) is 11.3 Å². The Hall–Kier alpha value is -1.77. The van der Waals surface area contributed by atoms with Crippen molar-refractivity contribution in [3.63, 3.8) is 0 Å². The monoisotopic (exact) mass is 320 g/mol. The standard InChI is InChI=1S/C14H13BrN2O2/c15-11-8-10(9-16)3-4-12(11)17-13(5-6-18)14-2-1-7-19-14/h1-4,7-8,13,17-18H,5-6H2. The number of hydrogen-bond donors (Lipinski definition) is 2. The molecule has 0 saturated carbocycles. The number of halogens is 1. The molecule has 98 valence electrons. The van der Waals surface area contributed by atoms with Crippen molar-refractivity contribution in [2.45, 2.75) is 12.5 Å². The fourth-order valence-corrected chi connectivity index (χ4v) is 2.29. The van der Waals surface area contributed by atoms with E-state index in [0.717, 1.165) is 15.9 Å². The number of benzene rings is 1. The highest BCUT2D eigenvalue weighted by molar-refractivity contribution is 9.10. The Balaban J connectivity index is 2.20. The van der Waals surface area contributed by atoms with Gasteiger partial charge in [-0.15, -0.1) is 0 Å². The minimum Gasteiger partial charge on any atom is -0.467 e. The Morgan fingerprint density at radius 3 is 2.84 bits per heavy atom. The summed E-state index contributed by atoms with van der Waals surface area (Å²) in [4.78, 5) is 0. The molecular formula is C14H13BrN2O2. The van der Waals surface area contributed by atoms with E-state index in [4.69, 9.17) is 14.8 Å². The Morgan fingerprint density at radius 2 is 2.26 bits per heavy atom. The third kappa shape index (κ3) is 3.37. The van der Waals surface area contributed by atoms with Gasteiger partial charge in [-0.1, -0.05) is 0 Å². The first kappa shape index (κ1) is 13.7. The van der Waals surface area contributed by atoms with Crippen molar-refractivity contribution in [3.8, 4) is 6.07 Å². The van der Waals surface area contributed by atoms with Gasteiger partial charge in [0.05, 0.1) is 23.9 Å². The molecule has 1 aromatic heterocycles. The molecule has 1 unspecified atom stereocenters. The first-order valence-electron chi connectivity index (χ1n) is 5.85. The van der Waals surface area contributed by atoms with Crippen molar-refractivity contribution in [1.29, 1.82) is 5.26 Å². The van der Waals surface area contributed by atoms with Crippen LogP contribution < -0.4 is 5.32 Å². The SMILES string of the molecule is N#Cc1ccc(NC(CCO)c2ccco2)c(Br)c1. The summed E-state index contributed by atoms with van der Waals surface area (Å²) in [5.41, 5.74) is 1.45. The molecule has 0 aliphatic heterocycles. The van der Waals surface area contributed by atoms with Crippen LogP contribution >= 0.6 is 15.9 Å². The van der Waals surface area contributed by atoms with Gasteiger partial charge in [-0.05, 0) is 52.7 Å². The minimum atomic E-state index is -0.107. The molecular weight excluding hydrogens is 308 g/mol. The number of rotatable bonds is 5. The average Bonchev–Trinajstić information content (AvgIpc) is 2.94. The average molecular weight is 321 g/mol. The second-order valence-corrected chi connectivity index (χ2v) is 4.89. The van der Waals surface area contributed by atoms with E-state index in [0.29, 0.717) is 12.0 Å². The first-order chi connectivity index (χ1) is 9.24. The van der Waals surface area contributed by atoms with Crippen LogP contribution in [0.5, 0.6) is 0 Å². The molecule has 5 heteroatoms. The summed E-state index contributed by atoms with van der Waals surface area (Å²) in [5, 5.41) is 21.3. The van der Waals surface area contributed by atoms with Gasteiger partial charge in [-0.3, -0.25) is 0 Å². The molecule has 0 aliphatic carbocycles. The quantitative estimate of drug-likeness (QED) is 0.885. The number of aliphatic hydroxyl groups is 1. The number of nitrogens with one attached hydrogen (secondary N) is 1. The first-order valence-corrected chi connectivity index (χ1v) is 6.64. The van der Waals surface area contributed by atoms with Crippen LogP contribution in [0.1, 0.15) is 23.8 Å². The smallest absolute Gasteiger partial charge is 0.126 e. The molecule has 1 atom stereocenters. The molecule has 2 N–H and O–H groups in total. The van der Waals surface area contributed by atoms with E-state index in [1.807, 2.05) is 18.2 Å². The van der Waals surface area contributed by atoms with Crippen LogP contribution in [0.4, 0.5) is 5.69 Å². The van der Waals surface area contributed by atoms with Gasteiger partial charge in [0, 0.05) is 16.8 Å². The number of furan rings is 1. The highest BCUT2D eigenvalue weighted by Gasteiger charge is 2.15. The third-order valence-electron chi connectivity index (χ3n) is 2.73. The van der Waals surface area contributed by atoms with Crippen LogP contribution in [0.15, 0.2) is 45.5 Å². The van der Waals surface area contributed by atoms with Crippen molar-refractivity contribution in [2.75, 3.05) is 11.9 Å². The van der Waals surface area contributed by atoms with E-state index < -0.39 is 0 Å². The minimum absolute atomic E-state index is 0.0618. The van der Waals surface area contributed by atoms with E-state index in [1.165, 1.54) is 0 Å². The molecule has 0 aliphatic rings. The molecule has 4 nitrogen and oxygen atoms in total. The largest absolute Gasteiger partial charge is 0.467 e. The van der Waals surface area contributed by atoms with E-state index in [2.05, 4.69) is 27.3 Å². The van der Waals surface area contributed by atoms with Gasteiger partial charge in [0.25, 0.3) is 0 Å². The second kappa shape index (κ2) is 6.41. The lowest BCUT2D eigenvalue weighted by Gasteiger charge is -2.18. The maximum atomic E-state index is 9.13. The number of hydrogen-bond acceptors (Lipinski definition) is 4. The highest BCUT2D eigenvalue weighted by Crippen LogP contribution is 2.29. The molecule has 1 aromatic carbocycles. The molecule has 2 aromatic rings. The fraction of sp³-hybridized carbons (Fsp3) is 0.214. The molecule has 0 spiro atoms. The van der Waals surface area contributed by atoms with Gasteiger partial charge in [-0.2, -0.15) is 5.26 Å². The van der Waals surface area contributed by atoms with Crippen LogP contribution in [-0.4, -0.2) is 11.7 Å². The lowest BCUT2D eigenvalue weighted by molar-refractivity contribution is 0.273. The Kier molecular flexibility index (Phi) is 4.61. The molecule has 2 rings (SSSR count). The highest BCUT2D eigenvalue weighted by atomic mass is 79.9. The summed E-state index contributed by atoms with van der Waals surface area (Å²) in [7, 11) is 0. The fourth-order valence-electron chi connectivity index (χ4n) is 1.79. The van der Waals surface area contributed by atoms with E-state index in [-0.39, 0.29) is 12.6 Å². The van der Waals surface area contributed by atoms with Crippen LogP contribution in [0.25, 0.3) is 0 Å². The Labute approximate surface area is 119 Å². The van der Waals surface area contributed by atoms with Gasteiger partial charge >= 0.3 is 0 Å². The van der Waals surface area contributed by atoms with Crippen molar-refractivity contribution in [3.05, 3.63) is 52.4 Å². The van der Waals surface area contributed by atoms with Crippen molar-refractivity contribution in [2.24, 2.45) is 0 Å². The predicted molar refractivity (Wildman–Crippen MR) is 75.6 cm³/mol. The zero-order chi connectivity index (χ0) is 13.7. The molecule has 1 heterocycles. The van der Waals surface area contributed by atoms with Gasteiger partial charge in [-0.25, -0.2) is 0 Å². The number of nitrogens with zero attached hydrogens (tertiary/aromatic N) is 1. The van der Waals surface area contributed by atoms with Crippen molar-refractivity contribution in [1.82, 2.24) is 0 Å². The van der Waals surface area contributed by atoms with Crippen LogP contribution in [-0.2, 0) is 0 Å². The van der Waals surface area contributed by atoms with Gasteiger partial charge < -0.3 is 14.8 Å². The predicted octanol–water partition coefficient (Wildman–Crippen LogP) is 3.45. The van der Waals surface area contributed by atoms with Gasteiger partial charge in [0.1, 0.15) is 5.76 Å². The second-order valence-electron chi connectivity index (χ2n) is 4.03. The molecule has 0 bridgehead atoms. The molecule has 19 heavy (non-hydrogen) atoms. The van der Waals surface area contributed by atoms with Crippen molar-refractivity contribution >= 4 is 21.6 Å². The summed E-state index contributed by atoms with van der Waals surface area (Å²) in [6, 6.07) is 11.0. The summed E-state index contributed by atoms with van der Waals surface area (Å²) >= 11 is 3.42. The Morgan fingerprint density at radius 1 is 1.42 bits per heavy atom. The van der Waals surface area contributed by atoms with E-state index in [9.17, 15) is 0 Å². The lowest BCUT2D eigenvalue weighted by Crippen LogP contribution is -2.12. The zero-order valence-corrected chi connectivity index (χ0v) is 11.7. The number of anilines is 1. The summed E-state index contributed by atoms with van der Waals surface area (Å²) in [6.45, 7) is 0.0618.